The van der Waals surface area contributed by atoms with Crippen molar-refractivity contribution in [1.82, 2.24) is 13.8 Å². The van der Waals surface area contributed by atoms with Gasteiger partial charge in [-0.25, -0.2) is 8.42 Å². The van der Waals surface area contributed by atoms with Gasteiger partial charge < -0.3 is 18.9 Å². The van der Waals surface area contributed by atoms with Gasteiger partial charge >= 0.3 is 0 Å². The number of likely N-dealkylation sites (N-methyl/N-ethyl adjacent to an activating group) is 1. The number of benzene rings is 1. The maximum atomic E-state index is 13.1. The van der Waals surface area contributed by atoms with Crippen LogP contribution in [-0.2, 0) is 21.9 Å². The Kier molecular flexibility index (Phi) is 5.75. The summed E-state index contributed by atoms with van der Waals surface area (Å²) in [5.74, 6) is 0.740. The van der Waals surface area contributed by atoms with Crippen molar-refractivity contribution in [1.29, 1.82) is 0 Å². The van der Waals surface area contributed by atoms with E-state index >= 15 is 0 Å². The van der Waals surface area contributed by atoms with E-state index in [1.54, 1.807) is 6.07 Å². The Morgan fingerprint density at radius 3 is 2.67 bits per heavy atom. The minimum absolute atomic E-state index is 0.0309. The molecule has 0 N–H and O–H groups in total. The second kappa shape index (κ2) is 8.31. The highest BCUT2D eigenvalue weighted by atomic mass is 32.2. The first-order valence-electron chi connectivity index (χ1n) is 10.1. The van der Waals surface area contributed by atoms with Crippen LogP contribution in [0.3, 0.4) is 0 Å². The predicted molar refractivity (Wildman–Crippen MR) is 111 cm³/mol. The van der Waals surface area contributed by atoms with Gasteiger partial charge in [0.05, 0.1) is 17.5 Å². The van der Waals surface area contributed by atoms with Crippen LogP contribution >= 0.6 is 0 Å². The normalized spacial score (nSPS) is 19.2. The molecule has 0 aliphatic carbocycles. The fourth-order valence-electron chi connectivity index (χ4n) is 4.09. The average molecular weight is 434 g/mol. The third-order valence-electron chi connectivity index (χ3n) is 5.73. The maximum Gasteiger partial charge on any atom is 0.243 e. The van der Waals surface area contributed by atoms with E-state index in [4.69, 9.17) is 9.47 Å². The molecule has 1 saturated heterocycles. The summed E-state index contributed by atoms with van der Waals surface area (Å²) in [4.78, 5) is 15.0. The molecule has 2 aliphatic rings. The molecule has 0 radical (unpaired) electrons. The predicted octanol–water partition coefficient (Wildman–Crippen LogP) is 2.17. The molecule has 1 unspecified atom stereocenters. The highest BCUT2D eigenvalue weighted by Crippen LogP contribution is 2.34. The number of sulfonamides is 1. The SMILES string of the molecule is CN(CC(=O)N1CCCCC1c1cccn1C)S(=O)(=O)c1ccc2c(c1)OCCO2. The molecule has 30 heavy (non-hydrogen) atoms. The van der Waals surface area contributed by atoms with Crippen LogP contribution in [0.2, 0.25) is 0 Å². The van der Waals surface area contributed by atoms with Crippen molar-refractivity contribution >= 4 is 15.9 Å². The fraction of sp³-hybridized carbons (Fsp3) is 0.476. The highest BCUT2D eigenvalue weighted by Gasteiger charge is 2.32. The number of aromatic nitrogens is 1. The van der Waals surface area contributed by atoms with E-state index in [0.717, 1.165) is 29.3 Å². The van der Waals surface area contributed by atoms with Crippen molar-refractivity contribution < 1.29 is 22.7 Å². The molecule has 2 aromatic rings. The molecule has 1 aromatic heterocycles. The zero-order valence-electron chi connectivity index (χ0n) is 17.3. The number of aryl methyl sites for hydroxylation is 1. The number of hydrogen-bond acceptors (Lipinski definition) is 5. The van der Waals surface area contributed by atoms with Gasteiger partial charge in [0.25, 0.3) is 0 Å². The monoisotopic (exact) mass is 433 g/mol. The summed E-state index contributed by atoms with van der Waals surface area (Å²) in [6.45, 7) is 1.23. The first-order valence-corrected chi connectivity index (χ1v) is 11.6. The van der Waals surface area contributed by atoms with E-state index in [2.05, 4.69) is 0 Å². The molecule has 162 valence electrons. The average Bonchev–Trinajstić information content (AvgIpc) is 3.19. The molecule has 0 saturated carbocycles. The molecule has 1 fully saturated rings. The lowest BCUT2D eigenvalue weighted by molar-refractivity contribution is -0.135. The Hall–Kier alpha value is -2.52. The second-order valence-electron chi connectivity index (χ2n) is 7.71. The number of likely N-dealkylation sites (tertiary alicyclic amines) is 1. The van der Waals surface area contributed by atoms with Gasteiger partial charge in [-0.2, -0.15) is 4.31 Å². The first kappa shape index (κ1) is 20.7. The van der Waals surface area contributed by atoms with Crippen LogP contribution < -0.4 is 9.47 Å². The smallest absolute Gasteiger partial charge is 0.243 e. The standard InChI is InChI=1S/C21H27N3O5S/c1-22-10-5-7-17(22)18-6-3-4-11-24(18)21(25)15-23(2)30(26,27)16-8-9-19-20(14-16)29-13-12-28-19/h5,7-10,14,18H,3-4,6,11-13,15H2,1-2H3. The number of ether oxygens (including phenoxy) is 2. The van der Waals surface area contributed by atoms with E-state index in [0.29, 0.717) is 31.3 Å². The molecule has 1 atom stereocenters. The molecule has 4 rings (SSSR count). The number of rotatable bonds is 5. The summed E-state index contributed by atoms with van der Waals surface area (Å²) in [7, 11) is -0.441. The maximum absolute atomic E-state index is 13.1. The van der Waals surface area contributed by atoms with Crippen LogP contribution in [-0.4, -0.2) is 61.4 Å². The second-order valence-corrected chi connectivity index (χ2v) is 9.75. The number of fused-ring (bicyclic) bond motifs is 1. The Bertz CT molecular complexity index is 1030. The third kappa shape index (κ3) is 3.91. The van der Waals surface area contributed by atoms with Gasteiger partial charge in [0.2, 0.25) is 15.9 Å². The Labute approximate surface area is 177 Å². The molecular weight excluding hydrogens is 406 g/mol. The van der Waals surface area contributed by atoms with Crippen molar-refractivity contribution in [3.8, 4) is 11.5 Å². The van der Waals surface area contributed by atoms with Gasteiger partial charge in [0.1, 0.15) is 13.2 Å². The summed E-state index contributed by atoms with van der Waals surface area (Å²) >= 11 is 0. The number of nitrogens with zero attached hydrogens (tertiary/aromatic N) is 3. The van der Waals surface area contributed by atoms with Crippen molar-refractivity contribution in [2.45, 2.75) is 30.2 Å². The van der Waals surface area contributed by atoms with Crippen LogP contribution in [0.25, 0.3) is 0 Å². The van der Waals surface area contributed by atoms with Crippen LogP contribution in [0.15, 0.2) is 41.4 Å². The van der Waals surface area contributed by atoms with E-state index in [1.807, 2.05) is 34.8 Å². The largest absolute Gasteiger partial charge is 0.486 e. The van der Waals surface area contributed by atoms with Gasteiger partial charge in [-0.05, 0) is 43.5 Å². The summed E-state index contributed by atoms with van der Waals surface area (Å²) in [5, 5.41) is 0. The number of amides is 1. The number of piperidine rings is 1. The molecule has 3 heterocycles. The summed E-state index contributed by atoms with van der Waals surface area (Å²) in [6, 6.07) is 8.48. The van der Waals surface area contributed by atoms with Crippen molar-refractivity contribution in [2.24, 2.45) is 7.05 Å². The molecule has 8 nitrogen and oxygen atoms in total. The summed E-state index contributed by atoms with van der Waals surface area (Å²) in [6.07, 6.45) is 4.81. The number of carbonyl (C=O) groups is 1. The van der Waals surface area contributed by atoms with E-state index in [-0.39, 0.29) is 23.4 Å². The van der Waals surface area contributed by atoms with E-state index < -0.39 is 10.0 Å². The fourth-order valence-corrected chi connectivity index (χ4v) is 5.22. The molecule has 9 heteroatoms. The highest BCUT2D eigenvalue weighted by molar-refractivity contribution is 7.89. The Morgan fingerprint density at radius 2 is 1.93 bits per heavy atom. The zero-order chi connectivity index (χ0) is 21.3. The minimum Gasteiger partial charge on any atom is -0.486 e. The van der Waals surface area contributed by atoms with Gasteiger partial charge in [0.15, 0.2) is 11.5 Å². The van der Waals surface area contributed by atoms with Gasteiger partial charge in [-0.1, -0.05) is 0 Å². The molecular formula is C21H27N3O5S. The lowest BCUT2D eigenvalue weighted by Crippen LogP contribution is -2.45. The molecule has 1 amide bonds. The van der Waals surface area contributed by atoms with Crippen LogP contribution in [0.4, 0.5) is 0 Å². The topological polar surface area (TPSA) is 81.1 Å². The van der Waals surface area contributed by atoms with Crippen LogP contribution in [0, 0.1) is 0 Å². The molecule has 0 spiro atoms. The Morgan fingerprint density at radius 1 is 1.17 bits per heavy atom. The molecule has 0 bridgehead atoms. The van der Waals surface area contributed by atoms with Gasteiger partial charge in [-0.15, -0.1) is 0 Å². The minimum atomic E-state index is -3.84. The lowest BCUT2D eigenvalue weighted by Gasteiger charge is -2.37. The van der Waals surface area contributed by atoms with Crippen molar-refractivity contribution in [3.63, 3.8) is 0 Å². The Balaban J connectivity index is 1.51. The third-order valence-corrected chi connectivity index (χ3v) is 7.53. The van der Waals surface area contributed by atoms with Gasteiger partial charge in [0, 0.05) is 38.6 Å². The van der Waals surface area contributed by atoms with Crippen molar-refractivity contribution in [2.75, 3.05) is 33.4 Å². The van der Waals surface area contributed by atoms with E-state index in [9.17, 15) is 13.2 Å². The molecule has 2 aliphatic heterocycles. The van der Waals surface area contributed by atoms with Crippen LogP contribution in [0.1, 0.15) is 31.0 Å². The lowest BCUT2D eigenvalue weighted by atomic mass is 9.99. The first-order chi connectivity index (χ1) is 14.4. The number of carbonyl (C=O) groups excluding carboxylic acids is 1. The van der Waals surface area contributed by atoms with Gasteiger partial charge in [-0.3, -0.25) is 4.79 Å². The molecule has 1 aromatic carbocycles. The van der Waals surface area contributed by atoms with E-state index in [1.165, 1.54) is 19.2 Å². The van der Waals surface area contributed by atoms with Crippen LogP contribution in [0.5, 0.6) is 11.5 Å². The summed E-state index contributed by atoms with van der Waals surface area (Å²) < 4.78 is 40.2. The zero-order valence-corrected chi connectivity index (χ0v) is 18.1. The number of hydrogen-bond donors (Lipinski definition) is 0. The van der Waals surface area contributed by atoms with Crippen molar-refractivity contribution in [3.05, 3.63) is 42.2 Å². The summed E-state index contributed by atoms with van der Waals surface area (Å²) in [5.41, 5.74) is 1.07. The quantitative estimate of drug-likeness (QED) is 0.722.